The zero-order valence-electron chi connectivity index (χ0n) is 8.32. The number of ether oxygens (including phenoxy) is 1. The van der Waals surface area contributed by atoms with E-state index in [1.807, 2.05) is 6.92 Å². The number of piperidine rings is 1. The standard InChI is InChI=1S/C9H15NO4/c1-5-3-6(9(13)14-2)7(8(11)12)10-4-5/h5-7,10H,3-4H2,1-2H3,(H,11,12)/t5-,6+,7-/m0/s1. The van der Waals surface area contributed by atoms with E-state index in [2.05, 4.69) is 10.1 Å². The molecule has 0 aromatic carbocycles. The normalized spacial score (nSPS) is 32.3. The molecular formula is C9H15NO4. The summed E-state index contributed by atoms with van der Waals surface area (Å²) in [7, 11) is 1.28. The van der Waals surface area contributed by atoms with Crippen molar-refractivity contribution in [3.8, 4) is 0 Å². The predicted octanol–water partition coefficient (Wildman–Crippen LogP) is -0.142. The van der Waals surface area contributed by atoms with E-state index in [9.17, 15) is 9.59 Å². The topological polar surface area (TPSA) is 75.6 Å². The summed E-state index contributed by atoms with van der Waals surface area (Å²) in [5.74, 6) is -1.71. The molecule has 1 aliphatic rings. The van der Waals surface area contributed by atoms with Crippen molar-refractivity contribution in [3.63, 3.8) is 0 Å². The van der Waals surface area contributed by atoms with Crippen LogP contribution < -0.4 is 5.32 Å². The number of hydrogen-bond acceptors (Lipinski definition) is 4. The summed E-state index contributed by atoms with van der Waals surface area (Å²) in [4.78, 5) is 22.1. The molecule has 0 spiro atoms. The smallest absolute Gasteiger partial charge is 0.321 e. The van der Waals surface area contributed by atoms with Gasteiger partial charge in [0.05, 0.1) is 13.0 Å². The molecule has 80 valence electrons. The Morgan fingerprint density at radius 1 is 1.50 bits per heavy atom. The van der Waals surface area contributed by atoms with Gasteiger partial charge in [-0.2, -0.15) is 0 Å². The van der Waals surface area contributed by atoms with E-state index in [0.717, 1.165) is 0 Å². The molecule has 2 N–H and O–H groups in total. The van der Waals surface area contributed by atoms with Crippen LogP contribution in [-0.4, -0.2) is 36.7 Å². The van der Waals surface area contributed by atoms with Crippen LogP contribution in [0.2, 0.25) is 0 Å². The number of carboxylic acid groups (broad SMARTS) is 1. The Morgan fingerprint density at radius 2 is 2.14 bits per heavy atom. The highest BCUT2D eigenvalue weighted by Crippen LogP contribution is 2.22. The molecule has 0 saturated carbocycles. The van der Waals surface area contributed by atoms with Gasteiger partial charge in [0.1, 0.15) is 6.04 Å². The Hall–Kier alpha value is -1.10. The number of methoxy groups -OCH3 is 1. The van der Waals surface area contributed by atoms with Crippen LogP contribution in [0.15, 0.2) is 0 Å². The third-order valence-corrected chi connectivity index (χ3v) is 2.51. The summed E-state index contributed by atoms with van der Waals surface area (Å²) in [6.07, 6.45) is 0.566. The molecule has 5 heteroatoms. The number of rotatable bonds is 2. The van der Waals surface area contributed by atoms with Crippen LogP contribution in [0.4, 0.5) is 0 Å². The van der Waals surface area contributed by atoms with E-state index in [-0.39, 0.29) is 0 Å². The van der Waals surface area contributed by atoms with Crippen molar-refractivity contribution in [2.45, 2.75) is 19.4 Å². The Bertz CT molecular complexity index is 241. The molecule has 5 nitrogen and oxygen atoms in total. The average molecular weight is 201 g/mol. The summed E-state index contributed by atoms with van der Waals surface area (Å²) in [5, 5.41) is 11.7. The highest BCUT2D eigenvalue weighted by atomic mass is 16.5. The van der Waals surface area contributed by atoms with Crippen LogP contribution in [0.5, 0.6) is 0 Å². The Kier molecular flexibility index (Phi) is 3.46. The molecule has 1 rings (SSSR count). The number of aliphatic carboxylic acids is 1. The summed E-state index contributed by atoms with van der Waals surface area (Å²) in [6.45, 7) is 2.60. The zero-order valence-corrected chi connectivity index (χ0v) is 8.32. The minimum absolute atomic E-state index is 0.301. The van der Waals surface area contributed by atoms with Crippen molar-refractivity contribution < 1.29 is 19.4 Å². The fourth-order valence-electron chi connectivity index (χ4n) is 1.77. The largest absolute Gasteiger partial charge is 0.480 e. The maximum atomic E-state index is 11.3. The van der Waals surface area contributed by atoms with E-state index in [4.69, 9.17) is 5.11 Å². The molecule has 1 saturated heterocycles. The van der Waals surface area contributed by atoms with Crippen molar-refractivity contribution in [2.75, 3.05) is 13.7 Å². The van der Waals surface area contributed by atoms with Gasteiger partial charge in [-0.1, -0.05) is 6.92 Å². The van der Waals surface area contributed by atoms with Crippen molar-refractivity contribution in [2.24, 2.45) is 11.8 Å². The monoisotopic (exact) mass is 201 g/mol. The van der Waals surface area contributed by atoms with Gasteiger partial charge < -0.3 is 15.2 Å². The highest BCUT2D eigenvalue weighted by molar-refractivity contribution is 5.83. The number of carboxylic acids is 1. The van der Waals surface area contributed by atoms with Crippen molar-refractivity contribution >= 4 is 11.9 Å². The van der Waals surface area contributed by atoms with Crippen LogP contribution >= 0.6 is 0 Å². The first-order chi connectivity index (χ1) is 6.56. The van der Waals surface area contributed by atoms with E-state index in [1.54, 1.807) is 0 Å². The number of carbonyl (C=O) groups is 2. The molecule has 1 heterocycles. The molecular weight excluding hydrogens is 186 g/mol. The van der Waals surface area contributed by atoms with Crippen LogP contribution in [0.1, 0.15) is 13.3 Å². The minimum Gasteiger partial charge on any atom is -0.480 e. The molecule has 0 aliphatic carbocycles. The Morgan fingerprint density at radius 3 is 2.64 bits per heavy atom. The van der Waals surface area contributed by atoms with Crippen molar-refractivity contribution in [1.82, 2.24) is 5.32 Å². The van der Waals surface area contributed by atoms with Gasteiger partial charge in [-0.3, -0.25) is 9.59 Å². The zero-order chi connectivity index (χ0) is 10.7. The van der Waals surface area contributed by atoms with Gasteiger partial charge >= 0.3 is 11.9 Å². The molecule has 0 radical (unpaired) electrons. The molecule has 0 aromatic rings. The number of carbonyl (C=O) groups excluding carboxylic acids is 1. The molecule has 0 amide bonds. The van der Waals surface area contributed by atoms with Crippen LogP contribution in [0.25, 0.3) is 0 Å². The SMILES string of the molecule is COC(=O)[C@@H]1C[C@H](C)CN[C@@H]1C(=O)O. The maximum Gasteiger partial charge on any atom is 0.321 e. The summed E-state index contributed by atoms with van der Waals surface area (Å²) in [5.41, 5.74) is 0. The van der Waals surface area contributed by atoms with E-state index < -0.39 is 23.9 Å². The molecule has 1 aliphatic heterocycles. The predicted molar refractivity (Wildman–Crippen MR) is 48.7 cm³/mol. The van der Waals surface area contributed by atoms with Crippen molar-refractivity contribution in [1.29, 1.82) is 0 Å². The molecule has 0 bridgehead atoms. The number of esters is 1. The van der Waals surface area contributed by atoms with Crippen molar-refractivity contribution in [3.05, 3.63) is 0 Å². The van der Waals surface area contributed by atoms with Gasteiger partial charge in [0, 0.05) is 0 Å². The Labute approximate surface area is 82.4 Å². The van der Waals surface area contributed by atoms with Gasteiger partial charge in [-0.25, -0.2) is 0 Å². The fraction of sp³-hybridized carbons (Fsp3) is 0.778. The lowest BCUT2D eigenvalue weighted by Crippen LogP contribution is -2.52. The molecule has 14 heavy (non-hydrogen) atoms. The second-order valence-electron chi connectivity index (χ2n) is 3.69. The van der Waals surface area contributed by atoms with Gasteiger partial charge in [0.25, 0.3) is 0 Å². The Balaban J connectivity index is 2.73. The number of nitrogens with one attached hydrogen (secondary N) is 1. The highest BCUT2D eigenvalue weighted by Gasteiger charge is 2.38. The van der Waals surface area contributed by atoms with Gasteiger partial charge in [-0.15, -0.1) is 0 Å². The third-order valence-electron chi connectivity index (χ3n) is 2.51. The maximum absolute atomic E-state index is 11.3. The summed E-state index contributed by atoms with van der Waals surface area (Å²) >= 11 is 0. The van der Waals surface area contributed by atoms with Crippen LogP contribution in [0.3, 0.4) is 0 Å². The first-order valence-electron chi connectivity index (χ1n) is 4.60. The lowest BCUT2D eigenvalue weighted by molar-refractivity contribution is -0.155. The third kappa shape index (κ3) is 2.23. The minimum atomic E-state index is -0.993. The summed E-state index contributed by atoms with van der Waals surface area (Å²) in [6, 6.07) is -0.807. The van der Waals surface area contributed by atoms with Gasteiger partial charge in [0.2, 0.25) is 0 Å². The molecule has 0 unspecified atom stereocenters. The van der Waals surface area contributed by atoms with E-state index in [1.165, 1.54) is 7.11 Å². The second kappa shape index (κ2) is 4.41. The lowest BCUT2D eigenvalue weighted by atomic mass is 9.85. The van der Waals surface area contributed by atoms with Crippen LogP contribution in [0, 0.1) is 11.8 Å². The average Bonchev–Trinajstić information content (AvgIpc) is 2.16. The quantitative estimate of drug-likeness (QED) is 0.608. The first kappa shape index (κ1) is 11.0. The van der Waals surface area contributed by atoms with Gasteiger partial charge in [0.15, 0.2) is 0 Å². The van der Waals surface area contributed by atoms with E-state index >= 15 is 0 Å². The second-order valence-corrected chi connectivity index (χ2v) is 3.69. The lowest BCUT2D eigenvalue weighted by Gasteiger charge is -2.31. The first-order valence-corrected chi connectivity index (χ1v) is 4.60. The molecule has 3 atom stereocenters. The van der Waals surface area contributed by atoms with E-state index in [0.29, 0.717) is 18.9 Å². The molecule has 1 fully saturated rings. The fourth-order valence-corrected chi connectivity index (χ4v) is 1.77. The number of hydrogen-bond donors (Lipinski definition) is 2. The van der Waals surface area contributed by atoms with Gasteiger partial charge in [-0.05, 0) is 18.9 Å². The van der Waals surface area contributed by atoms with Crippen LogP contribution in [-0.2, 0) is 14.3 Å². The molecule has 0 aromatic heterocycles. The summed E-state index contributed by atoms with van der Waals surface area (Å²) < 4.78 is 4.58.